The van der Waals surface area contributed by atoms with E-state index in [-0.39, 0.29) is 24.8 Å². The molecule has 0 aromatic heterocycles. The van der Waals surface area contributed by atoms with Crippen molar-refractivity contribution < 1.29 is 0 Å². The van der Waals surface area contributed by atoms with Crippen LogP contribution in [0.15, 0.2) is 68.7 Å². The summed E-state index contributed by atoms with van der Waals surface area (Å²) < 4.78 is 0. The monoisotopic (exact) mass is 470 g/mol. The van der Waals surface area contributed by atoms with E-state index in [2.05, 4.69) is 65.9 Å². The number of halogens is 2. The molecule has 0 aliphatic carbocycles. The van der Waals surface area contributed by atoms with E-state index in [9.17, 15) is 0 Å². The maximum absolute atomic E-state index is 4.43. The summed E-state index contributed by atoms with van der Waals surface area (Å²) in [6, 6.07) is 16.6. The Hall–Kier alpha value is -3.36. The normalized spacial score (nSPS) is 15.1. The minimum absolute atomic E-state index is 0. The van der Waals surface area contributed by atoms with Crippen molar-refractivity contribution in [3.05, 3.63) is 59.7 Å². The molecule has 2 aliphatic heterocycles. The molecule has 0 radical (unpaired) electrons. The molecule has 2 aliphatic rings. The summed E-state index contributed by atoms with van der Waals surface area (Å²) in [7, 11) is 0. The Morgan fingerprint density at radius 3 is 1.34 bits per heavy atom. The van der Waals surface area contributed by atoms with Gasteiger partial charge in [0.25, 0.3) is 0 Å². The van der Waals surface area contributed by atoms with Crippen molar-refractivity contribution >= 4 is 70.7 Å². The molecule has 10 heteroatoms. The van der Waals surface area contributed by atoms with Crippen LogP contribution < -0.4 is 21.5 Å². The largest absolute Gasteiger partial charge is 0.353 e. The number of hydrogen-bond acceptors (Lipinski definition) is 8. The minimum Gasteiger partial charge on any atom is -0.353 e. The molecule has 32 heavy (non-hydrogen) atoms. The summed E-state index contributed by atoms with van der Waals surface area (Å²) in [6.07, 6.45) is 3.73. The fourth-order valence-corrected chi connectivity index (χ4v) is 3.74. The van der Waals surface area contributed by atoms with Crippen LogP contribution in [0.5, 0.6) is 0 Å². The Morgan fingerprint density at radius 2 is 1.03 bits per heavy atom. The number of nitrogens with zero attached hydrogens (tertiary/aromatic N) is 4. The van der Waals surface area contributed by atoms with Gasteiger partial charge in [0.1, 0.15) is 0 Å². The highest BCUT2D eigenvalue weighted by atomic mass is 35.5. The van der Waals surface area contributed by atoms with Crippen LogP contribution >= 0.6 is 24.8 Å². The molecule has 0 amide bonds. The maximum atomic E-state index is 4.43. The van der Waals surface area contributed by atoms with Gasteiger partial charge in [-0.2, -0.15) is 10.2 Å². The zero-order valence-electron chi connectivity index (χ0n) is 17.2. The molecular formula is C22H24Cl2N8. The highest BCUT2D eigenvalue weighted by Crippen LogP contribution is 2.31. The fourth-order valence-electron chi connectivity index (χ4n) is 3.74. The van der Waals surface area contributed by atoms with Gasteiger partial charge in [-0.15, -0.1) is 24.8 Å². The second-order valence-corrected chi connectivity index (χ2v) is 6.97. The van der Waals surface area contributed by atoms with Gasteiger partial charge in [-0.25, -0.2) is 20.8 Å². The highest BCUT2D eigenvalue weighted by Gasteiger charge is 2.12. The van der Waals surface area contributed by atoms with Crippen molar-refractivity contribution in [2.75, 3.05) is 26.2 Å². The van der Waals surface area contributed by atoms with E-state index in [1.54, 1.807) is 0 Å². The molecule has 8 nitrogen and oxygen atoms in total. The van der Waals surface area contributed by atoms with Crippen LogP contribution in [0.2, 0.25) is 0 Å². The molecule has 0 atom stereocenters. The number of aliphatic imine (C=N–C) groups is 2. The van der Waals surface area contributed by atoms with Crippen LogP contribution in [0.3, 0.4) is 0 Å². The smallest absolute Gasteiger partial charge is 0.212 e. The summed E-state index contributed by atoms with van der Waals surface area (Å²) in [5.41, 5.74) is 8.09. The van der Waals surface area contributed by atoms with Crippen LogP contribution in [0, 0.1) is 0 Å². The molecule has 3 aromatic carbocycles. The number of benzene rings is 3. The molecular weight excluding hydrogens is 447 g/mol. The number of hydrogen-bond donors (Lipinski definition) is 4. The molecule has 0 bridgehead atoms. The molecule has 4 N–H and O–H groups in total. The lowest BCUT2D eigenvalue weighted by molar-refractivity contribution is 0.920. The summed E-state index contributed by atoms with van der Waals surface area (Å²) >= 11 is 0. The average Bonchev–Trinajstić information content (AvgIpc) is 3.49. The third-order valence-corrected chi connectivity index (χ3v) is 5.09. The molecule has 3 aromatic rings. The van der Waals surface area contributed by atoms with Crippen molar-refractivity contribution in [3.63, 3.8) is 0 Å². The Labute approximate surface area is 198 Å². The predicted octanol–water partition coefficient (Wildman–Crippen LogP) is 2.60. The van der Waals surface area contributed by atoms with Gasteiger partial charge in [-0.1, -0.05) is 48.5 Å². The molecule has 0 fully saturated rings. The molecule has 0 spiro atoms. The Balaban J connectivity index is 0.00000144. The van der Waals surface area contributed by atoms with E-state index in [0.717, 1.165) is 58.9 Å². The van der Waals surface area contributed by atoms with Gasteiger partial charge in [0.2, 0.25) is 11.9 Å². The van der Waals surface area contributed by atoms with Gasteiger partial charge in [0, 0.05) is 24.2 Å². The number of guanidine groups is 2. The van der Waals surface area contributed by atoms with E-state index >= 15 is 0 Å². The van der Waals surface area contributed by atoms with Crippen LogP contribution in [-0.2, 0) is 0 Å². The fraction of sp³-hybridized carbons (Fsp3) is 0.182. The number of hydrazone groups is 2. The topological polar surface area (TPSA) is 97.6 Å². The highest BCUT2D eigenvalue weighted by molar-refractivity contribution is 6.21. The lowest BCUT2D eigenvalue weighted by Crippen LogP contribution is -2.30. The molecule has 0 saturated carbocycles. The first kappa shape index (κ1) is 23.3. The van der Waals surface area contributed by atoms with Crippen LogP contribution in [0.4, 0.5) is 0 Å². The quantitative estimate of drug-likeness (QED) is 0.267. The van der Waals surface area contributed by atoms with Crippen molar-refractivity contribution in [1.82, 2.24) is 21.5 Å². The van der Waals surface area contributed by atoms with Crippen molar-refractivity contribution in [1.29, 1.82) is 0 Å². The summed E-state index contributed by atoms with van der Waals surface area (Å²) in [4.78, 5) is 8.63. The van der Waals surface area contributed by atoms with Gasteiger partial charge in [-0.3, -0.25) is 0 Å². The van der Waals surface area contributed by atoms with Gasteiger partial charge >= 0.3 is 0 Å². The van der Waals surface area contributed by atoms with Crippen LogP contribution in [0.1, 0.15) is 11.1 Å². The van der Waals surface area contributed by atoms with Gasteiger partial charge in [0.15, 0.2) is 0 Å². The van der Waals surface area contributed by atoms with Crippen LogP contribution in [0.25, 0.3) is 21.5 Å². The predicted molar refractivity (Wildman–Crippen MR) is 138 cm³/mol. The first-order valence-electron chi connectivity index (χ1n) is 9.98. The summed E-state index contributed by atoms with van der Waals surface area (Å²) in [5, 5.41) is 19.6. The number of nitrogens with one attached hydrogen (secondary N) is 4. The zero-order chi connectivity index (χ0) is 20.2. The molecule has 0 saturated heterocycles. The van der Waals surface area contributed by atoms with Gasteiger partial charge in [0.05, 0.1) is 25.5 Å². The SMILES string of the molecule is C(=NNC1=NCCN1)c1c2ccccc2c(C=NNC2=NCCN2)c2ccccc12.Cl.Cl. The number of fused-ring (bicyclic) bond motifs is 2. The third kappa shape index (κ3) is 4.76. The average molecular weight is 471 g/mol. The lowest BCUT2D eigenvalue weighted by Gasteiger charge is -2.12. The Kier molecular flexibility index (Phi) is 7.86. The second kappa shape index (κ2) is 10.8. The second-order valence-electron chi connectivity index (χ2n) is 6.97. The molecule has 0 unspecified atom stereocenters. The third-order valence-electron chi connectivity index (χ3n) is 5.09. The maximum Gasteiger partial charge on any atom is 0.212 e. The van der Waals surface area contributed by atoms with E-state index < -0.39 is 0 Å². The van der Waals surface area contributed by atoms with Crippen molar-refractivity contribution in [2.45, 2.75) is 0 Å². The van der Waals surface area contributed by atoms with E-state index in [1.165, 1.54) is 0 Å². The molecule has 166 valence electrons. The first-order valence-corrected chi connectivity index (χ1v) is 9.98. The van der Waals surface area contributed by atoms with E-state index in [4.69, 9.17) is 0 Å². The lowest BCUT2D eigenvalue weighted by atomic mass is 9.92. The molecule has 2 heterocycles. The standard InChI is InChI=1S/C22H22N8.2ClH/c1-2-6-16-15(5-1)19(13-27-29-21-23-9-10-24-21)17-7-3-4-8-18(17)20(16)14-28-30-22-25-11-12-26-22;;/h1-8,13-14H,9-12H2,(H2,23,24,29)(H2,25,26,30);2*1H. The van der Waals surface area contributed by atoms with E-state index in [0.29, 0.717) is 11.9 Å². The summed E-state index contributed by atoms with van der Waals surface area (Å²) in [6.45, 7) is 3.23. The van der Waals surface area contributed by atoms with Crippen molar-refractivity contribution in [3.8, 4) is 0 Å². The van der Waals surface area contributed by atoms with Gasteiger partial charge < -0.3 is 10.6 Å². The Morgan fingerprint density at radius 1 is 0.656 bits per heavy atom. The zero-order valence-corrected chi connectivity index (χ0v) is 18.8. The van der Waals surface area contributed by atoms with Crippen LogP contribution in [-0.4, -0.2) is 50.5 Å². The van der Waals surface area contributed by atoms with E-state index in [1.807, 2.05) is 36.7 Å². The number of rotatable bonds is 4. The minimum atomic E-state index is 0. The molecule has 5 rings (SSSR count). The van der Waals surface area contributed by atoms with Gasteiger partial charge in [-0.05, 0) is 21.5 Å². The summed E-state index contributed by atoms with van der Waals surface area (Å²) in [5.74, 6) is 1.41. The van der Waals surface area contributed by atoms with Crippen molar-refractivity contribution in [2.24, 2.45) is 20.2 Å². The Bertz CT molecular complexity index is 1070. The first-order chi connectivity index (χ1) is 14.9.